The number of amides is 1. The molecule has 1 aliphatic rings. The molecule has 1 fully saturated rings. The van der Waals surface area contributed by atoms with E-state index in [2.05, 4.69) is 21.2 Å². The molecule has 0 bridgehead atoms. The van der Waals surface area contributed by atoms with Crippen LogP contribution in [0.4, 0.5) is 0 Å². The first-order chi connectivity index (χ1) is 5.70. The number of carbonyl (C=O) groups is 1. The third-order valence-corrected chi connectivity index (χ3v) is 2.73. The zero-order valence-corrected chi connectivity index (χ0v) is 9.06. The van der Waals surface area contributed by atoms with E-state index in [1.165, 1.54) is 19.3 Å². The van der Waals surface area contributed by atoms with Gasteiger partial charge in [0.1, 0.15) is 0 Å². The molecule has 1 atom stereocenters. The van der Waals surface area contributed by atoms with Crippen molar-refractivity contribution in [2.45, 2.75) is 49.9 Å². The molecule has 1 aliphatic carbocycles. The molecule has 2 nitrogen and oxygen atoms in total. The third kappa shape index (κ3) is 3.13. The number of nitrogens with one attached hydrogen (secondary N) is 1. The third-order valence-electron chi connectivity index (χ3n) is 2.31. The van der Waals surface area contributed by atoms with Crippen LogP contribution in [0.15, 0.2) is 0 Å². The Kier molecular flexibility index (Phi) is 4.06. The molecule has 1 rings (SSSR count). The second-order valence-corrected chi connectivity index (χ2v) is 4.83. The van der Waals surface area contributed by atoms with Gasteiger partial charge in [0.2, 0.25) is 5.91 Å². The van der Waals surface area contributed by atoms with Crippen LogP contribution in [-0.4, -0.2) is 16.8 Å². The molecule has 0 aromatic rings. The highest BCUT2D eigenvalue weighted by Gasteiger charge is 2.17. The van der Waals surface area contributed by atoms with E-state index in [9.17, 15) is 4.79 Å². The first kappa shape index (κ1) is 10.0. The molecule has 1 unspecified atom stereocenters. The number of carbonyl (C=O) groups excluding carboxylic acids is 1. The summed E-state index contributed by atoms with van der Waals surface area (Å²) in [6, 6.07) is 0.436. The van der Waals surface area contributed by atoms with Gasteiger partial charge in [-0.15, -0.1) is 0 Å². The average molecular weight is 234 g/mol. The van der Waals surface area contributed by atoms with E-state index in [-0.39, 0.29) is 10.7 Å². The summed E-state index contributed by atoms with van der Waals surface area (Å²) in [5, 5.41) is 3.03. The van der Waals surface area contributed by atoms with Crippen molar-refractivity contribution in [2.75, 3.05) is 0 Å². The van der Waals surface area contributed by atoms with Crippen molar-refractivity contribution in [3.63, 3.8) is 0 Å². The molecule has 70 valence electrons. The van der Waals surface area contributed by atoms with Crippen LogP contribution in [0.1, 0.15) is 39.0 Å². The van der Waals surface area contributed by atoms with Gasteiger partial charge in [-0.2, -0.15) is 0 Å². The lowest BCUT2D eigenvalue weighted by Crippen LogP contribution is -2.39. The van der Waals surface area contributed by atoms with E-state index < -0.39 is 0 Å². The van der Waals surface area contributed by atoms with Gasteiger partial charge in [-0.1, -0.05) is 35.2 Å². The van der Waals surface area contributed by atoms with Crippen molar-refractivity contribution in [3.05, 3.63) is 0 Å². The van der Waals surface area contributed by atoms with Gasteiger partial charge in [0, 0.05) is 6.04 Å². The van der Waals surface area contributed by atoms with Crippen LogP contribution in [0.5, 0.6) is 0 Å². The standard InChI is InChI=1S/C9H16BrNO/c1-7(10)9(12)11-8-5-3-2-4-6-8/h7-8H,2-6H2,1H3,(H,11,12). The van der Waals surface area contributed by atoms with E-state index in [0.29, 0.717) is 6.04 Å². The summed E-state index contributed by atoms with van der Waals surface area (Å²) in [7, 11) is 0. The molecule has 0 aromatic carbocycles. The van der Waals surface area contributed by atoms with Crippen molar-refractivity contribution < 1.29 is 4.79 Å². The van der Waals surface area contributed by atoms with Crippen LogP contribution in [0.3, 0.4) is 0 Å². The predicted molar refractivity (Wildman–Crippen MR) is 53.4 cm³/mol. The van der Waals surface area contributed by atoms with Gasteiger partial charge in [-0.05, 0) is 19.8 Å². The number of alkyl halides is 1. The van der Waals surface area contributed by atoms with E-state index in [1.807, 2.05) is 6.92 Å². The van der Waals surface area contributed by atoms with E-state index in [1.54, 1.807) is 0 Å². The van der Waals surface area contributed by atoms with Crippen LogP contribution in [-0.2, 0) is 4.79 Å². The summed E-state index contributed by atoms with van der Waals surface area (Å²) in [6.07, 6.45) is 6.18. The second-order valence-electron chi connectivity index (χ2n) is 3.46. The van der Waals surface area contributed by atoms with Gasteiger partial charge >= 0.3 is 0 Å². The highest BCUT2D eigenvalue weighted by atomic mass is 79.9. The van der Waals surface area contributed by atoms with Gasteiger partial charge in [-0.25, -0.2) is 0 Å². The zero-order chi connectivity index (χ0) is 8.97. The summed E-state index contributed by atoms with van der Waals surface area (Å²) in [5.41, 5.74) is 0. The lowest BCUT2D eigenvalue weighted by molar-refractivity contribution is -0.121. The molecule has 12 heavy (non-hydrogen) atoms. The fourth-order valence-corrected chi connectivity index (χ4v) is 1.70. The largest absolute Gasteiger partial charge is 0.352 e. The summed E-state index contributed by atoms with van der Waals surface area (Å²) in [5.74, 6) is 0.127. The number of halogens is 1. The summed E-state index contributed by atoms with van der Waals surface area (Å²) in [6.45, 7) is 1.86. The number of hydrogen-bond acceptors (Lipinski definition) is 1. The van der Waals surface area contributed by atoms with Gasteiger partial charge < -0.3 is 5.32 Å². The molecule has 0 heterocycles. The highest BCUT2D eigenvalue weighted by molar-refractivity contribution is 9.10. The topological polar surface area (TPSA) is 29.1 Å². The van der Waals surface area contributed by atoms with Gasteiger partial charge in [0.05, 0.1) is 4.83 Å². The second kappa shape index (κ2) is 4.85. The van der Waals surface area contributed by atoms with E-state index in [4.69, 9.17) is 0 Å². The van der Waals surface area contributed by atoms with Gasteiger partial charge in [-0.3, -0.25) is 4.79 Å². The Hall–Kier alpha value is -0.0500. The first-order valence-corrected chi connectivity index (χ1v) is 5.56. The molecule has 0 spiro atoms. The van der Waals surface area contributed by atoms with E-state index in [0.717, 1.165) is 12.8 Å². The highest BCUT2D eigenvalue weighted by Crippen LogP contribution is 2.17. The molecule has 1 amide bonds. The van der Waals surface area contributed by atoms with Crippen LogP contribution in [0.25, 0.3) is 0 Å². The van der Waals surface area contributed by atoms with Crippen LogP contribution in [0.2, 0.25) is 0 Å². The maximum Gasteiger partial charge on any atom is 0.233 e. The quantitative estimate of drug-likeness (QED) is 0.729. The molecule has 0 saturated heterocycles. The molecule has 1 N–H and O–H groups in total. The molecule has 1 saturated carbocycles. The fraction of sp³-hybridized carbons (Fsp3) is 0.889. The Balaban J connectivity index is 2.24. The summed E-state index contributed by atoms with van der Waals surface area (Å²) in [4.78, 5) is 11.2. The van der Waals surface area contributed by atoms with Crippen molar-refractivity contribution in [1.82, 2.24) is 5.32 Å². The minimum absolute atomic E-state index is 0.0561. The van der Waals surface area contributed by atoms with Crippen molar-refractivity contribution in [3.8, 4) is 0 Å². The van der Waals surface area contributed by atoms with Crippen LogP contribution in [0, 0.1) is 0 Å². The maximum absolute atomic E-state index is 11.3. The Morgan fingerprint density at radius 3 is 2.50 bits per heavy atom. The predicted octanol–water partition coefficient (Wildman–Crippen LogP) is 2.22. The number of rotatable bonds is 2. The minimum Gasteiger partial charge on any atom is -0.352 e. The Morgan fingerprint density at radius 2 is 2.00 bits per heavy atom. The maximum atomic E-state index is 11.3. The normalized spacial score (nSPS) is 21.8. The lowest BCUT2D eigenvalue weighted by Gasteiger charge is -2.23. The first-order valence-electron chi connectivity index (χ1n) is 4.64. The lowest BCUT2D eigenvalue weighted by atomic mass is 9.95. The van der Waals surface area contributed by atoms with Gasteiger partial charge in [0.25, 0.3) is 0 Å². The van der Waals surface area contributed by atoms with Crippen molar-refractivity contribution in [1.29, 1.82) is 0 Å². The van der Waals surface area contributed by atoms with Crippen LogP contribution < -0.4 is 5.32 Å². The van der Waals surface area contributed by atoms with E-state index >= 15 is 0 Å². The van der Waals surface area contributed by atoms with Crippen molar-refractivity contribution in [2.24, 2.45) is 0 Å². The monoisotopic (exact) mass is 233 g/mol. The summed E-state index contributed by atoms with van der Waals surface area (Å²) >= 11 is 3.25. The Labute approximate surface area is 82.2 Å². The molecular formula is C9H16BrNO. The minimum atomic E-state index is -0.0561. The smallest absolute Gasteiger partial charge is 0.233 e. The van der Waals surface area contributed by atoms with Crippen LogP contribution >= 0.6 is 15.9 Å². The molecular weight excluding hydrogens is 218 g/mol. The van der Waals surface area contributed by atoms with Crippen molar-refractivity contribution >= 4 is 21.8 Å². The Bertz CT molecular complexity index is 153. The molecule has 0 radical (unpaired) electrons. The molecule has 0 aliphatic heterocycles. The molecule has 3 heteroatoms. The fourth-order valence-electron chi connectivity index (χ4n) is 1.56. The number of hydrogen-bond donors (Lipinski definition) is 1. The summed E-state index contributed by atoms with van der Waals surface area (Å²) < 4.78 is 0. The zero-order valence-electron chi connectivity index (χ0n) is 7.48. The Morgan fingerprint density at radius 1 is 1.42 bits per heavy atom. The van der Waals surface area contributed by atoms with Gasteiger partial charge in [0.15, 0.2) is 0 Å². The SMILES string of the molecule is CC(Br)C(=O)NC1CCCCC1. The molecule has 0 aromatic heterocycles. The average Bonchev–Trinajstić information content (AvgIpc) is 2.06.